The summed E-state index contributed by atoms with van der Waals surface area (Å²) in [5.41, 5.74) is -3.20. The van der Waals surface area contributed by atoms with Crippen molar-refractivity contribution in [1.82, 2.24) is 0 Å². The Bertz CT molecular complexity index is 607. The van der Waals surface area contributed by atoms with Crippen LogP contribution in [0.4, 0.5) is 18.9 Å². The van der Waals surface area contributed by atoms with Crippen molar-refractivity contribution in [2.45, 2.75) is 45.9 Å². The van der Waals surface area contributed by atoms with E-state index >= 15 is 0 Å². The van der Waals surface area contributed by atoms with E-state index in [-0.39, 0.29) is 12.1 Å². The second kappa shape index (κ2) is 6.70. The maximum Gasteiger partial charge on any atom is 0.417 e. The second-order valence-corrected chi connectivity index (χ2v) is 5.79. The number of anilines is 1. The van der Waals surface area contributed by atoms with E-state index in [0.717, 1.165) is 18.2 Å². The van der Waals surface area contributed by atoms with Gasteiger partial charge >= 0.3 is 6.18 Å². The average molecular weight is 331 g/mol. The summed E-state index contributed by atoms with van der Waals surface area (Å²) in [6, 6.07) is 2.80. The third-order valence-electron chi connectivity index (χ3n) is 3.79. The molecule has 0 heterocycles. The standard InChI is InChI=1S/C16H20F3NO3/c1-5-13(21)11-8-10(6-7-12(11)16(17,18)19)20-14(22)15(4,23)9(2)3/h6-9,23H,5H2,1-4H3,(H,20,22). The molecule has 0 saturated carbocycles. The molecule has 0 aliphatic rings. The Morgan fingerprint density at radius 3 is 2.26 bits per heavy atom. The molecule has 0 aliphatic carbocycles. The molecule has 4 nitrogen and oxygen atoms in total. The van der Waals surface area contributed by atoms with Gasteiger partial charge in [-0.05, 0) is 31.0 Å². The molecule has 1 rings (SSSR count). The highest BCUT2D eigenvalue weighted by Gasteiger charge is 2.36. The van der Waals surface area contributed by atoms with Crippen molar-refractivity contribution in [2.75, 3.05) is 5.32 Å². The van der Waals surface area contributed by atoms with Crippen molar-refractivity contribution in [1.29, 1.82) is 0 Å². The number of nitrogens with one attached hydrogen (secondary N) is 1. The number of hydrogen-bond donors (Lipinski definition) is 2. The summed E-state index contributed by atoms with van der Waals surface area (Å²) in [6.07, 6.45) is -4.75. The molecule has 1 aromatic rings. The Morgan fingerprint density at radius 2 is 1.83 bits per heavy atom. The van der Waals surface area contributed by atoms with Crippen LogP contribution in [0, 0.1) is 5.92 Å². The zero-order valence-electron chi connectivity index (χ0n) is 13.4. The number of alkyl halides is 3. The van der Waals surface area contributed by atoms with Gasteiger partial charge in [-0.25, -0.2) is 0 Å². The van der Waals surface area contributed by atoms with Crippen LogP contribution in [0.5, 0.6) is 0 Å². The van der Waals surface area contributed by atoms with Gasteiger partial charge in [0.15, 0.2) is 5.78 Å². The molecule has 0 spiro atoms. The van der Waals surface area contributed by atoms with Gasteiger partial charge in [-0.3, -0.25) is 9.59 Å². The Kier molecular flexibility index (Phi) is 5.58. The van der Waals surface area contributed by atoms with E-state index in [0.29, 0.717) is 0 Å². The highest BCUT2D eigenvalue weighted by molar-refractivity contribution is 6.01. The summed E-state index contributed by atoms with van der Waals surface area (Å²) in [7, 11) is 0. The largest absolute Gasteiger partial charge is 0.417 e. The molecule has 0 aromatic heterocycles. The van der Waals surface area contributed by atoms with E-state index in [1.165, 1.54) is 13.8 Å². The third kappa shape index (κ3) is 4.31. The highest BCUT2D eigenvalue weighted by atomic mass is 19.4. The van der Waals surface area contributed by atoms with Crippen LogP contribution in [0.2, 0.25) is 0 Å². The lowest BCUT2D eigenvalue weighted by Gasteiger charge is -2.26. The zero-order chi connectivity index (χ0) is 18.0. The minimum absolute atomic E-state index is 0.0284. The number of benzene rings is 1. The number of aliphatic hydroxyl groups is 1. The minimum atomic E-state index is -4.66. The van der Waals surface area contributed by atoms with Crippen molar-refractivity contribution in [3.05, 3.63) is 29.3 Å². The lowest BCUT2D eigenvalue weighted by molar-refractivity contribution is -0.138. The summed E-state index contributed by atoms with van der Waals surface area (Å²) in [5.74, 6) is -1.82. The van der Waals surface area contributed by atoms with Crippen molar-refractivity contribution >= 4 is 17.4 Å². The average Bonchev–Trinajstić information content (AvgIpc) is 2.44. The number of carbonyl (C=O) groups is 2. The molecule has 0 radical (unpaired) electrons. The zero-order valence-corrected chi connectivity index (χ0v) is 13.4. The molecule has 0 fully saturated rings. The van der Waals surface area contributed by atoms with Gasteiger partial charge in [-0.2, -0.15) is 13.2 Å². The molecule has 128 valence electrons. The fourth-order valence-electron chi connectivity index (χ4n) is 1.81. The third-order valence-corrected chi connectivity index (χ3v) is 3.79. The van der Waals surface area contributed by atoms with Crippen LogP contribution >= 0.6 is 0 Å². The lowest BCUT2D eigenvalue weighted by Crippen LogP contribution is -2.44. The lowest BCUT2D eigenvalue weighted by atomic mass is 9.91. The molecule has 1 aromatic carbocycles. The Morgan fingerprint density at radius 1 is 1.26 bits per heavy atom. The summed E-state index contributed by atoms with van der Waals surface area (Å²) in [5, 5.41) is 12.4. The van der Waals surface area contributed by atoms with Crippen LogP contribution in [0.1, 0.15) is 50.0 Å². The normalized spacial score (nSPS) is 14.5. The Balaban J connectivity index is 3.22. The van der Waals surface area contributed by atoms with E-state index in [1.54, 1.807) is 13.8 Å². The van der Waals surface area contributed by atoms with Crippen molar-refractivity contribution < 1.29 is 27.9 Å². The van der Waals surface area contributed by atoms with Gasteiger partial charge in [-0.15, -0.1) is 0 Å². The molecule has 23 heavy (non-hydrogen) atoms. The van der Waals surface area contributed by atoms with E-state index in [2.05, 4.69) is 5.32 Å². The molecule has 1 amide bonds. The Hall–Kier alpha value is -1.89. The fourth-order valence-corrected chi connectivity index (χ4v) is 1.81. The molecule has 0 bridgehead atoms. The van der Waals surface area contributed by atoms with E-state index in [4.69, 9.17) is 0 Å². The SMILES string of the molecule is CCC(=O)c1cc(NC(=O)C(C)(O)C(C)C)ccc1C(F)(F)F. The number of ketones is 1. The molecule has 7 heteroatoms. The van der Waals surface area contributed by atoms with Crippen LogP contribution in [0.3, 0.4) is 0 Å². The summed E-state index contributed by atoms with van der Waals surface area (Å²) in [4.78, 5) is 23.8. The van der Waals surface area contributed by atoms with Gasteiger partial charge in [0.2, 0.25) is 0 Å². The number of hydrogen-bond acceptors (Lipinski definition) is 3. The number of halogens is 3. The van der Waals surface area contributed by atoms with Crippen LogP contribution in [0.25, 0.3) is 0 Å². The van der Waals surface area contributed by atoms with Gasteiger partial charge in [0, 0.05) is 17.7 Å². The number of rotatable bonds is 5. The maximum absolute atomic E-state index is 13.0. The van der Waals surface area contributed by atoms with E-state index in [9.17, 15) is 27.9 Å². The molecular formula is C16H20F3NO3. The topological polar surface area (TPSA) is 66.4 Å². The summed E-state index contributed by atoms with van der Waals surface area (Å²) < 4.78 is 38.9. The van der Waals surface area contributed by atoms with E-state index in [1.807, 2.05) is 0 Å². The monoisotopic (exact) mass is 331 g/mol. The summed E-state index contributed by atoms with van der Waals surface area (Å²) in [6.45, 7) is 6.04. The first-order valence-electron chi connectivity index (χ1n) is 7.19. The van der Waals surface area contributed by atoms with Crippen LogP contribution in [-0.4, -0.2) is 22.4 Å². The molecule has 0 saturated heterocycles. The van der Waals surface area contributed by atoms with Crippen molar-refractivity contribution in [3.63, 3.8) is 0 Å². The molecule has 1 atom stereocenters. The van der Waals surface area contributed by atoms with Gasteiger partial charge < -0.3 is 10.4 Å². The van der Waals surface area contributed by atoms with Crippen molar-refractivity contribution in [3.8, 4) is 0 Å². The van der Waals surface area contributed by atoms with Gasteiger partial charge in [0.1, 0.15) is 5.60 Å². The molecule has 0 aliphatic heterocycles. The van der Waals surface area contributed by atoms with Crippen LogP contribution in [-0.2, 0) is 11.0 Å². The Labute approximate surface area is 132 Å². The second-order valence-electron chi connectivity index (χ2n) is 5.79. The smallest absolute Gasteiger partial charge is 0.380 e. The fraction of sp³-hybridized carbons (Fsp3) is 0.500. The van der Waals surface area contributed by atoms with Crippen LogP contribution < -0.4 is 5.32 Å². The first-order chi connectivity index (χ1) is 10.4. The highest BCUT2D eigenvalue weighted by Crippen LogP contribution is 2.34. The molecule has 2 N–H and O–H groups in total. The van der Waals surface area contributed by atoms with E-state index < -0.39 is 40.5 Å². The first-order valence-corrected chi connectivity index (χ1v) is 7.19. The number of carbonyl (C=O) groups excluding carboxylic acids is 2. The molecular weight excluding hydrogens is 311 g/mol. The van der Waals surface area contributed by atoms with Gasteiger partial charge in [0.05, 0.1) is 5.56 Å². The number of amides is 1. The van der Waals surface area contributed by atoms with Crippen LogP contribution in [0.15, 0.2) is 18.2 Å². The first kappa shape index (κ1) is 19.2. The number of Topliss-reactive ketones (excluding diaryl/α,β-unsaturated/α-hetero) is 1. The quantitative estimate of drug-likeness (QED) is 0.810. The van der Waals surface area contributed by atoms with Gasteiger partial charge in [-0.1, -0.05) is 20.8 Å². The minimum Gasteiger partial charge on any atom is -0.380 e. The molecule has 1 unspecified atom stereocenters. The van der Waals surface area contributed by atoms with Crippen molar-refractivity contribution in [2.24, 2.45) is 5.92 Å². The van der Waals surface area contributed by atoms with Gasteiger partial charge in [0.25, 0.3) is 5.91 Å². The maximum atomic E-state index is 13.0. The predicted octanol–water partition coefficient (Wildman–Crippen LogP) is 3.64. The summed E-state index contributed by atoms with van der Waals surface area (Å²) >= 11 is 0. The predicted molar refractivity (Wildman–Crippen MR) is 80.2 cm³/mol.